The molecule has 1 amide bonds. The van der Waals surface area contributed by atoms with Crippen LogP contribution in [0, 0.1) is 5.41 Å². The summed E-state index contributed by atoms with van der Waals surface area (Å²) in [6, 6.07) is 10.3. The van der Waals surface area contributed by atoms with Crippen LogP contribution >= 0.6 is 0 Å². The van der Waals surface area contributed by atoms with Gasteiger partial charge in [-0.3, -0.25) is 9.59 Å². The zero-order chi connectivity index (χ0) is 17.8. The maximum atomic E-state index is 13.8. The fourth-order valence-electron chi connectivity index (χ4n) is 5.48. The summed E-state index contributed by atoms with van der Waals surface area (Å²) in [5.41, 5.74) is 2.35. The van der Waals surface area contributed by atoms with Crippen LogP contribution in [-0.4, -0.2) is 27.3 Å². The highest BCUT2D eigenvalue weighted by Crippen LogP contribution is 2.72. The van der Waals surface area contributed by atoms with Crippen molar-refractivity contribution in [3.8, 4) is 0 Å². The molecular weight excluding hydrogens is 326 g/mol. The second-order valence-corrected chi connectivity index (χ2v) is 8.07. The zero-order valence-electron chi connectivity index (χ0n) is 14.8. The van der Waals surface area contributed by atoms with E-state index in [-0.39, 0.29) is 22.3 Å². The standard InChI is InChI=1S/C21H23N3O2/c25-18-16-8-11-24(12-17(16)22-14-23-18)19(26)21(15-6-2-1-3-7-15)13-20(21)9-4-5-10-20/h1-3,6-7,14H,4-5,8-13H2,(H,22,23,25)/t21-/m0/s1. The third kappa shape index (κ3) is 2.06. The number of hydrogen-bond donors (Lipinski definition) is 1. The highest BCUT2D eigenvalue weighted by atomic mass is 16.2. The molecule has 1 N–H and O–H groups in total. The van der Waals surface area contributed by atoms with Gasteiger partial charge in [0.25, 0.3) is 5.56 Å². The van der Waals surface area contributed by atoms with Crippen LogP contribution in [0.3, 0.4) is 0 Å². The summed E-state index contributed by atoms with van der Waals surface area (Å²) >= 11 is 0. The van der Waals surface area contributed by atoms with Gasteiger partial charge in [0.1, 0.15) is 0 Å². The number of fused-ring (bicyclic) bond motifs is 1. The van der Waals surface area contributed by atoms with Gasteiger partial charge in [0.05, 0.1) is 24.0 Å². The SMILES string of the molecule is O=C(N1CCc2c(nc[nH]c2=O)C1)[C@@]1(c2ccccc2)CC12CCCC2. The largest absolute Gasteiger partial charge is 0.336 e. The summed E-state index contributed by atoms with van der Waals surface area (Å²) in [5, 5.41) is 0. The lowest BCUT2D eigenvalue weighted by atomic mass is 9.83. The van der Waals surface area contributed by atoms with Crippen LogP contribution in [0.4, 0.5) is 0 Å². The minimum Gasteiger partial charge on any atom is -0.336 e. The van der Waals surface area contributed by atoms with Crippen LogP contribution in [0.2, 0.25) is 0 Å². The minimum atomic E-state index is -0.372. The molecule has 2 aliphatic carbocycles. The van der Waals surface area contributed by atoms with Crippen molar-refractivity contribution in [3.63, 3.8) is 0 Å². The van der Waals surface area contributed by atoms with Crippen molar-refractivity contribution in [2.75, 3.05) is 6.54 Å². The van der Waals surface area contributed by atoms with Gasteiger partial charge in [-0.05, 0) is 36.7 Å². The van der Waals surface area contributed by atoms with E-state index in [2.05, 4.69) is 22.1 Å². The molecule has 0 unspecified atom stereocenters. The maximum absolute atomic E-state index is 13.8. The smallest absolute Gasteiger partial charge is 0.254 e. The lowest BCUT2D eigenvalue weighted by Crippen LogP contribution is -2.45. The number of carbonyl (C=O) groups excluding carboxylic acids is 1. The molecule has 2 aromatic rings. The van der Waals surface area contributed by atoms with E-state index >= 15 is 0 Å². The highest BCUT2D eigenvalue weighted by molar-refractivity contribution is 5.93. The van der Waals surface area contributed by atoms with Crippen molar-refractivity contribution < 1.29 is 4.79 Å². The summed E-state index contributed by atoms with van der Waals surface area (Å²) in [6.45, 7) is 1.05. The van der Waals surface area contributed by atoms with Crippen molar-refractivity contribution in [2.45, 2.75) is 50.5 Å². The van der Waals surface area contributed by atoms with Crippen molar-refractivity contribution in [2.24, 2.45) is 5.41 Å². The molecule has 5 nitrogen and oxygen atoms in total. The number of aromatic amines is 1. The molecule has 5 heteroatoms. The van der Waals surface area contributed by atoms with E-state index in [1.54, 1.807) is 0 Å². The Morgan fingerprint density at radius 2 is 1.92 bits per heavy atom. The predicted molar refractivity (Wildman–Crippen MR) is 97.6 cm³/mol. The molecule has 5 rings (SSSR count). The third-order valence-electron chi connectivity index (χ3n) is 6.87. The third-order valence-corrected chi connectivity index (χ3v) is 6.87. The number of aromatic nitrogens is 2. The number of nitrogens with zero attached hydrogens (tertiary/aromatic N) is 2. The Morgan fingerprint density at radius 1 is 1.15 bits per heavy atom. The second-order valence-electron chi connectivity index (χ2n) is 8.07. The Hall–Kier alpha value is -2.43. The van der Waals surface area contributed by atoms with E-state index in [9.17, 15) is 9.59 Å². The average molecular weight is 349 g/mol. The summed E-state index contributed by atoms with van der Waals surface area (Å²) in [5.74, 6) is 0.235. The summed E-state index contributed by atoms with van der Waals surface area (Å²) in [7, 11) is 0. The van der Waals surface area contributed by atoms with Crippen LogP contribution in [0.15, 0.2) is 41.5 Å². The Morgan fingerprint density at radius 3 is 2.69 bits per heavy atom. The van der Waals surface area contributed by atoms with Crippen molar-refractivity contribution >= 4 is 5.91 Å². The van der Waals surface area contributed by atoms with E-state index in [1.165, 1.54) is 19.2 Å². The first-order chi connectivity index (χ1) is 12.7. The maximum Gasteiger partial charge on any atom is 0.254 e. The number of nitrogens with one attached hydrogen (secondary N) is 1. The monoisotopic (exact) mass is 349 g/mol. The Labute approximate surface area is 152 Å². The first-order valence-electron chi connectivity index (χ1n) is 9.57. The van der Waals surface area contributed by atoms with Gasteiger partial charge in [-0.1, -0.05) is 43.2 Å². The van der Waals surface area contributed by atoms with Crippen LogP contribution in [0.5, 0.6) is 0 Å². The van der Waals surface area contributed by atoms with Gasteiger partial charge in [0, 0.05) is 12.1 Å². The molecule has 1 atom stereocenters. The molecule has 1 aromatic carbocycles. The summed E-state index contributed by atoms with van der Waals surface area (Å²) in [4.78, 5) is 34.6. The molecule has 1 aromatic heterocycles. The number of carbonyl (C=O) groups is 1. The number of rotatable bonds is 2. The molecule has 2 saturated carbocycles. The van der Waals surface area contributed by atoms with E-state index in [4.69, 9.17) is 0 Å². The van der Waals surface area contributed by atoms with Gasteiger partial charge in [-0.2, -0.15) is 0 Å². The Balaban J connectivity index is 1.51. The second kappa shape index (κ2) is 5.53. The fourth-order valence-corrected chi connectivity index (χ4v) is 5.48. The van der Waals surface area contributed by atoms with Crippen LogP contribution in [-0.2, 0) is 23.2 Å². The Bertz CT molecular complexity index is 914. The minimum absolute atomic E-state index is 0.0708. The summed E-state index contributed by atoms with van der Waals surface area (Å²) in [6.07, 6.45) is 7.74. The molecule has 0 bridgehead atoms. The number of amides is 1. The molecule has 0 radical (unpaired) electrons. The quantitative estimate of drug-likeness (QED) is 0.906. The highest BCUT2D eigenvalue weighted by Gasteiger charge is 2.73. The molecule has 0 saturated heterocycles. The molecule has 2 fully saturated rings. The van der Waals surface area contributed by atoms with E-state index in [0.29, 0.717) is 19.5 Å². The van der Waals surface area contributed by atoms with Crippen LogP contribution in [0.1, 0.15) is 48.9 Å². The van der Waals surface area contributed by atoms with Gasteiger partial charge in [0.15, 0.2) is 0 Å². The number of H-pyrrole nitrogens is 1. The van der Waals surface area contributed by atoms with Crippen LogP contribution in [0.25, 0.3) is 0 Å². The van der Waals surface area contributed by atoms with Gasteiger partial charge in [-0.15, -0.1) is 0 Å². The molecule has 134 valence electrons. The van der Waals surface area contributed by atoms with Gasteiger partial charge < -0.3 is 9.88 Å². The fraction of sp³-hybridized carbons (Fsp3) is 0.476. The van der Waals surface area contributed by atoms with Gasteiger partial charge in [0.2, 0.25) is 5.91 Å². The number of hydrogen-bond acceptors (Lipinski definition) is 3. The lowest BCUT2D eigenvalue weighted by molar-refractivity contribution is -0.136. The molecular formula is C21H23N3O2. The molecule has 2 heterocycles. The lowest BCUT2D eigenvalue weighted by Gasteiger charge is -2.33. The predicted octanol–water partition coefficient (Wildman–Crippen LogP) is 2.56. The molecule has 1 spiro atoms. The van der Waals surface area contributed by atoms with Crippen molar-refractivity contribution in [1.82, 2.24) is 14.9 Å². The topological polar surface area (TPSA) is 66.1 Å². The zero-order valence-corrected chi connectivity index (χ0v) is 14.8. The van der Waals surface area contributed by atoms with Gasteiger partial charge >= 0.3 is 0 Å². The summed E-state index contributed by atoms with van der Waals surface area (Å²) < 4.78 is 0. The van der Waals surface area contributed by atoms with E-state index in [1.807, 2.05) is 23.1 Å². The van der Waals surface area contributed by atoms with Crippen molar-refractivity contribution in [1.29, 1.82) is 0 Å². The normalized spacial score (nSPS) is 25.9. The van der Waals surface area contributed by atoms with E-state index < -0.39 is 0 Å². The molecule has 3 aliphatic rings. The first kappa shape index (κ1) is 15.8. The van der Waals surface area contributed by atoms with Crippen molar-refractivity contribution in [3.05, 3.63) is 63.8 Å². The Kier molecular flexibility index (Phi) is 3.36. The molecule has 26 heavy (non-hydrogen) atoms. The first-order valence-corrected chi connectivity index (χ1v) is 9.57. The molecule has 1 aliphatic heterocycles. The van der Waals surface area contributed by atoms with Crippen LogP contribution < -0.4 is 5.56 Å². The van der Waals surface area contributed by atoms with Gasteiger partial charge in [-0.25, -0.2) is 4.98 Å². The number of benzene rings is 1. The van der Waals surface area contributed by atoms with E-state index in [0.717, 1.165) is 36.1 Å². The average Bonchev–Trinajstić information content (AvgIpc) is 3.08.